The van der Waals surface area contributed by atoms with Gasteiger partial charge in [0, 0.05) is 19.9 Å². The standard InChI is InChI=1S/C15H7Br2ClO2/c16-9-4-5-11(17)10(7-9)14(19)13-6-8-2-1-3-12(18)15(8)20-13/h1-7H. The maximum atomic E-state index is 12.5. The molecule has 20 heavy (non-hydrogen) atoms. The van der Waals surface area contributed by atoms with Crippen LogP contribution in [0.2, 0.25) is 5.02 Å². The molecule has 0 fully saturated rings. The van der Waals surface area contributed by atoms with Gasteiger partial charge in [-0.3, -0.25) is 4.79 Å². The minimum absolute atomic E-state index is 0.189. The number of carbonyl (C=O) groups excluding carboxylic acids is 1. The van der Waals surface area contributed by atoms with Gasteiger partial charge in [-0.05, 0) is 30.3 Å². The number of furan rings is 1. The Morgan fingerprint density at radius 2 is 1.90 bits per heavy atom. The van der Waals surface area contributed by atoms with E-state index in [0.717, 1.165) is 14.3 Å². The molecule has 0 saturated heterocycles. The summed E-state index contributed by atoms with van der Waals surface area (Å²) in [4.78, 5) is 12.5. The first-order valence-corrected chi connectivity index (χ1v) is 7.70. The van der Waals surface area contributed by atoms with E-state index in [-0.39, 0.29) is 11.5 Å². The molecule has 3 aromatic rings. The Morgan fingerprint density at radius 1 is 1.10 bits per heavy atom. The van der Waals surface area contributed by atoms with Crippen molar-refractivity contribution in [1.82, 2.24) is 0 Å². The predicted octanol–water partition coefficient (Wildman–Crippen LogP) is 5.84. The van der Waals surface area contributed by atoms with Crippen LogP contribution in [0.3, 0.4) is 0 Å². The van der Waals surface area contributed by atoms with Crippen molar-refractivity contribution in [3.05, 3.63) is 67.8 Å². The SMILES string of the molecule is O=C(c1cc2cccc(Cl)c2o1)c1cc(Br)ccc1Br. The Bertz CT molecular complexity index is 824. The van der Waals surface area contributed by atoms with Crippen LogP contribution in [0.1, 0.15) is 16.1 Å². The fourth-order valence-corrected chi connectivity index (χ4v) is 2.95. The van der Waals surface area contributed by atoms with Gasteiger partial charge in [-0.15, -0.1) is 0 Å². The molecule has 1 heterocycles. The zero-order valence-corrected chi connectivity index (χ0v) is 13.9. The van der Waals surface area contributed by atoms with E-state index >= 15 is 0 Å². The molecule has 1 aromatic heterocycles. The first-order chi connectivity index (χ1) is 9.56. The number of ketones is 1. The van der Waals surface area contributed by atoms with Crippen LogP contribution in [0.15, 0.2) is 55.8 Å². The Kier molecular flexibility index (Phi) is 3.71. The Labute approximate surface area is 137 Å². The molecular weight excluding hydrogens is 407 g/mol. The van der Waals surface area contributed by atoms with Crippen molar-refractivity contribution in [2.24, 2.45) is 0 Å². The molecule has 0 atom stereocenters. The van der Waals surface area contributed by atoms with Gasteiger partial charge in [0.15, 0.2) is 11.3 Å². The number of rotatable bonds is 2. The summed E-state index contributed by atoms with van der Waals surface area (Å²) < 4.78 is 7.14. The van der Waals surface area contributed by atoms with Crippen molar-refractivity contribution < 1.29 is 9.21 Å². The predicted molar refractivity (Wildman–Crippen MR) is 86.5 cm³/mol. The van der Waals surface area contributed by atoms with Gasteiger partial charge in [0.1, 0.15) is 0 Å². The van der Waals surface area contributed by atoms with Gasteiger partial charge in [0.2, 0.25) is 5.78 Å². The third kappa shape index (κ3) is 2.43. The van der Waals surface area contributed by atoms with Crippen LogP contribution >= 0.6 is 43.5 Å². The summed E-state index contributed by atoms with van der Waals surface area (Å²) >= 11 is 12.8. The van der Waals surface area contributed by atoms with Crippen molar-refractivity contribution in [3.63, 3.8) is 0 Å². The molecule has 0 saturated carbocycles. The van der Waals surface area contributed by atoms with Gasteiger partial charge in [0.05, 0.1) is 5.02 Å². The van der Waals surface area contributed by atoms with Crippen molar-refractivity contribution in [3.8, 4) is 0 Å². The summed E-state index contributed by atoms with van der Waals surface area (Å²) in [6, 6.07) is 12.5. The molecule has 3 rings (SSSR count). The number of carbonyl (C=O) groups is 1. The maximum absolute atomic E-state index is 12.5. The normalized spacial score (nSPS) is 10.9. The van der Waals surface area contributed by atoms with Crippen LogP contribution in [-0.2, 0) is 0 Å². The number of halogens is 3. The Morgan fingerprint density at radius 3 is 2.65 bits per heavy atom. The van der Waals surface area contributed by atoms with E-state index in [1.807, 2.05) is 24.3 Å². The molecular formula is C15H7Br2ClO2. The first-order valence-electron chi connectivity index (χ1n) is 5.74. The third-order valence-corrected chi connectivity index (χ3v) is 4.38. The highest BCUT2D eigenvalue weighted by Gasteiger charge is 2.18. The van der Waals surface area contributed by atoms with Crippen molar-refractivity contribution in [2.45, 2.75) is 0 Å². The van der Waals surface area contributed by atoms with Crippen molar-refractivity contribution in [1.29, 1.82) is 0 Å². The monoisotopic (exact) mass is 412 g/mol. The average Bonchev–Trinajstić information content (AvgIpc) is 2.86. The van der Waals surface area contributed by atoms with Crippen molar-refractivity contribution in [2.75, 3.05) is 0 Å². The third-order valence-electron chi connectivity index (χ3n) is 2.89. The van der Waals surface area contributed by atoms with E-state index in [4.69, 9.17) is 16.0 Å². The summed E-state index contributed by atoms with van der Waals surface area (Å²) in [5, 5.41) is 1.31. The second-order valence-corrected chi connectivity index (χ2v) is 6.40. The van der Waals surface area contributed by atoms with Gasteiger partial charge in [-0.25, -0.2) is 0 Å². The lowest BCUT2D eigenvalue weighted by Crippen LogP contribution is -2.00. The molecule has 2 aromatic carbocycles. The Hall–Kier alpha value is -1.10. The number of hydrogen-bond donors (Lipinski definition) is 0. The van der Waals surface area contributed by atoms with Gasteiger partial charge in [-0.2, -0.15) is 0 Å². The highest BCUT2D eigenvalue weighted by atomic mass is 79.9. The molecule has 0 aliphatic rings. The van der Waals surface area contributed by atoms with Gasteiger partial charge >= 0.3 is 0 Å². The summed E-state index contributed by atoms with van der Waals surface area (Å²) in [6.45, 7) is 0. The second-order valence-electron chi connectivity index (χ2n) is 4.22. The van der Waals surface area contributed by atoms with E-state index in [0.29, 0.717) is 16.2 Å². The maximum Gasteiger partial charge on any atom is 0.229 e. The van der Waals surface area contributed by atoms with Crippen LogP contribution in [0.25, 0.3) is 11.0 Å². The lowest BCUT2D eigenvalue weighted by Gasteiger charge is -2.02. The smallest absolute Gasteiger partial charge is 0.229 e. The molecule has 0 aliphatic heterocycles. The molecule has 0 spiro atoms. The van der Waals surface area contributed by atoms with Crippen LogP contribution in [-0.4, -0.2) is 5.78 Å². The molecule has 0 aliphatic carbocycles. The molecule has 5 heteroatoms. The number of fused-ring (bicyclic) bond motifs is 1. The summed E-state index contributed by atoms with van der Waals surface area (Å²) in [7, 11) is 0. The minimum Gasteiger partial charge on any atom is -0.451 e. The summed E-state index contributed by atoms with van der Waals surface area (Å²) in [5.41, 5.74) is 1.07. The van der Waals surface area contributed by atoms with E-state index in [9.17, 15) is 4.79 Å². The number of para-hydroxylation sites is 1. The zero-order chi connectivity index (χ0) is 14.3. The molecule has 0 N–H and O–H groups in total. The topological polar surface area (TPSA) is 30.2 Å². The molecule has 2 nitrogen and oxygen atoms in total. The largest absolute Gasteiger partial charge is 0.451 e. The van der Waals surface area contributed by atoms with E-state index in [1.165, 1.54) is 0 Å². The zero-order valence-electron chi connectivity index (χ0n) is 9.99. The summed E-state index contributed by atoms with van der Waals surface area (Å²) in [5.74, 6) is 0.0809. The van der Waals surface area contributed by atoms with Gasteiger partial charge in [0.25, 0.3) is 0 Å². The molecule has 0 unspecified atom stereocenters. The lowest BCUT2D eigenvalue weighted by molar-refractivity contribution is 0.101. The number of benzene rings is 2. The van der Waals surface area contributed by atoms with Crippen LogP contribution in [0.5, 0.6) is 0 Å². The van der Waals surface area contributed by atoms with E-state index in [2.05, 4.69) is 31.9 Å². The van der Waals surface area contributed by atoms with E-state index in [1.54, 1.807) is 18.2 Å². The number of hydrogen-bond acceptors (Lipinski definition) is 2. The van der Waals surface area contributed by atoms with Gasteiger partial charge < -0.3 is 4.42 Å². The molecule has 0 bridgehead atoms. The highest BCUT2D eigenvalue weighted by Crippen LogP contribution is 2.30. The second kappa shape index (κ2) is 5.35. The fourth-order valence-electron chi connectivity index (χ4n) is 1.94. The molecule has 0 amide bonds. The Balaban J connectivity index is 2.13. The molecule has 0 radical (unpaired) electrons. The first kappa shape index (κ1) is 13.9. The quantitative estimate of drug-likeness (QED) is 0.493. The van der Waals surface area contributed by atoms with E-state index < -0.39 is 0 Å². The highest BCUT2D eigenvalue weighted by molar-refractivity contribution is 9.11. The minimum atomic E-state index is -0.189. The van der Waals surface area contributed by atoms with Crippen molar-refractivity contribution >= 4 is 60.2 Å². The van der Waals surface area contributed by atoms with Crippen LogP contribution in [0.4, 0.5) is 0 Å². The molecule has 100 valence electrons. The fraction of sp³-hybridized carbons (Fsp3) is 0. The van der Waals surface area contributed by atoms with Crippen LogP contribution < -0.4 is 0 Å². The lowest BCUT2D eigenvalue weighted by atomic mass is 10.1. The summed E-state index contributed by atoms with van der Waals surface area (Å²) in [6.07, 6.45) is 0. The average molecular weight is 414 g/mol. The van der Waals surface area contributed by atoms with Gasteiger partial charge in [-0.1, -0.05) is 55.6 Å². The van der Waals surface area contributed by atoms with Crippen LogP contribution in [0, 0.1) is 0 Å².